The quantitative estimate of drug-likeness (QED) is 0.776. The molecular formula is C20H32N2O4. The summed E-state index contributed by atoms with van der Waals surface area (Å²) in [5, 5.41) is 5.41. The fourth-order valence-electron chi connectivity index (χ4n) is 2.25. The molecule has 1 atom stereocenters. The largest absolute Gasteiger partial charge is 0.458 e. The number of rotatable bonds is 5. The van der Waals surface area contributed by atoms with Crippen LogP contribution in [0.15, 0.2) is 18.2 Å². The normalized spacial score (nSPS) is 13.1. The van der Waals surface area contributed by atoms with E-state index in [1.165, 1.54) is 0 Å². The van der Waals surface area contributed by atoms with Gasteiger partial charge >= 0.3 is 12.0 Å². The Morgan fingerprint density at radius 2 is 1.50 bits per heavy atom. The molecule has 0 fully saturated rings. The summed E-state index contributed by atoms with van der Waals surface area (Å²) in [7, 11) is 0. The Labute approximate surface area is 156 Å². The number of anilines is 1. The van der Waals surface area contributed by atoms with E-state index in [0.717, 1.165) is 11.1 Å². The lowest BCUT2D eigenvalue weighted by molar-refractivity contribution is -0.160. The summed E-state index contributed by atoms with van der Waals surface area (Å²) in [6.07, 6.45) is 0. The van der Waals surface area contributed by atoms with E-state index >= 15 is 0 Å². The predicted octanol–water partition coefficient (Wildman–Crippen LogP) is 3.95. The highest BCUT2D eigenvalue weighted by Gasteiger charge is 2.28. The number of urea groups is 1. The van der Waals surface area contributed by atoms with E-state index in [9.17, 15) is 9.59 Å². The molecule has 0 heterocycles. The van der Waals surface area contributed by atoms with Crippen LogP contribution in [0.1, 0.15) is 52.7 Å². The maximum absolute atomic E-state index is 12.4. The van der Waals surface area contributed by atoms with Crippen molar-refractivity contribution in [1.29, 1.82) is 0 Å². The van der Waals surface area contributed by atoms with Crippen LogP contribution in [-0.4, -0.2) is 35.9 Å². The van der Waals surface area contributed by atoms with Crippen LogP contribution >= 0.6 is 0 Å². The molecule has 0 aromatic heterocycles. The van der Waals surface area contributed by atoms with Crippen molar-refractivity contribution < 1.29 is 19.1 Å². The van der Waals surface area contributed by atoms with Gasteiger partial charge in [0.15, 0.2) is 6.04 Å². The molecule has 0 saturated heterocycles. The summed E-state index contributed by atoms with van der Waals surface area (Å²) in [6.45, 7) is 14.9. The topological polar surface area (TPSA) is 76.7 Å². The van der Waals surface area contributed by atoms with Crippen LogP contribution in [0, 0.1) is 13.8 Å². The number of hydrogen-bond donors (Lipinski definition) is 2. The van der Waals surface area contributed by atoms with Gasteiger partial charge in [0.2, 0.25) is 0 Å². The average Bonchev–Trinajstić information content (AvgIpc) is 2.39. The molecule has 0 saturated carbocycles. The molecule has 1 unspecified atom stereocenters. The van der Waals surface area contributed by atoms with Crippen molar-refractivity contribution in [3.8, 4) is 0 Å². The lowest BCUT2D eigenvalue weighted by atomic mass is 10.1. The molecule has 6 heteroatoms. The minimum Gasteiger partial charge on any atom is -0.458 e. The van der Waals surface area contributed by atoms with Gasteiger partial charge < -0.3 is 20.1 Å². The summed E-state index contributed by atoms with van der Waals surface area (Å²) >= 11 is 0. The zero-order valence-corrected chi connectivity index (χ0v) is 17.1. The number of carbonyl (C=O) groups is 2. The van der Waals surface area contributed by atoms with Gasteiger partial charge in [-0.2, -0.15) is 0 Å². The van der Waals surface area contributed by atoms with Gasteiger partial charge in [0.25, 0.3) is 0 Å². The molecule has 6 nitrogen and oxygen atoms in total. The molecular weight excluding hydrogens is 332 g/mol. The molecule has 1 aromatic rings. The minimum atomic E-state index is -0.903. The number of nitrogens with one attached hydrogen (secondary N) is 2. The standard InChI is InChI=1S/C20H32N2O4/c1-13-9-14(2)11-15(10-13)21-18(24)22-16(12-25-19(3,4)5)17(23)26-20(6,7)8/h9-11,16H,12H2,1-8H3,(H2,21,22,24). The van der Waals surface area contributed by atoms with Crippen LogP contribution in [-0.2, 0) is 14.3 Å². The highest BCUT2D eigenvalue weighted by molar-refractivity contribution is 5.92. The maximum Gasteiger partial charge on any atom is 0.331 e. The molecule has 2 amide bonds. The highest BCUT2D eigenvalue weighted by Crippen LogP contribution is 2.15. The van der Waals surface area contributed by atoms with Crippen LogP contribution in [0.2, 0.25) is 0 Å². The summed E-state index contributed by atoms with van der Waals surface area (Å²) in [6, 6.07) is 4.35. The summed E-state index contributed by atoms with van der Waals surface area (Å²) in [5.74, 6) is -0.530. The van der Waals surface area contributed by atoms with Crippen molar-refractivity contribution in [3.05, 3.63) is 29.3 Å². The van der Waals surface area contributed by atoms with E-state index in [-0.39, 0.29) is 6.61 Å². The molecule has 2 N–H and O–H groups in total. The van der Waals surface area contributed by atoms with E-state index < -0.39 is 29.2 Å². The second-order valence-electron chi connectivity index (χ2n) is 8.48. The number of aryl methyl sites for hydroxylation is 2. The minimum absolute atomic E-state index is 0.0265. The van der Waals surface area contributed by atoms with Crippen molar-refractivity contribution in [3.63, 3.8) is 0 Å². The Morgan fingerprint density at radius 1 is 0.962 bits per heavy atom. The van der Waals surface area contributed by atoms with Gasteiger partial charge in [0.05, 0.1) is 12.2 Å². The van der Waals surface area contributed by atoms with E-state index in [1.54, 1.807) is 20.8 Å². The second kappa shape index (κ2) is 8.54. The molecule has 0 aliphatic carbocycles. The fraction of sp³-hybridized carbons (Fsp3) is 0.600. The molecule has 1 aromatic carbocycles. The second-order valence-corrected chi connectivity index (χ2v) is 8.48. The maximum atomic E-state index is 12.4. The monoisotopic (exact) mass is 364 g/mol. The molecule has 26 heavy (non-hydrogen) atoms. The zero-order chi connectivity index (χ0) is 20.1. The Bertz CT molecular complexity index is 622. The summed E-state index contributed by atoms with van der Waals surface area (Å²) < 4.78 is 11.1. The van der Waals surface area contributed by atoms with E-state index in [0.29, 0.717) is 5.69 Å². The number of ether oxygens (including phenoxy) is 2. The van der Waals surface area contributed by atoms with Crippen molar-refractivity contribution in [2.45, 2.75) is 72.6 Å². The number of carbonyl (C=O) groups excluding carboxylic acids is 2. The van der Waals surface area contributed by atoms with Crippen molar-refractivity contribution >= 4 is 17.7 Å². The summed E-state index contributed by atoms with van der Waals surface area (Å²) in [5.41, 5.74) is 1.66. The number of hydrogen-bond acceptors (Lipinski definition) is 4. The molecule has 0 aliphatic rings. The van der Waals surface area contributed by atoms with Gasteiger partial charge in [0, 0.05) is 5.69 Å². The van der Waals surface area contributed by atoms with Gasteiger partial charge in [0.1, 0.15) is 5.60 Å². The highest BCUT2D eigenvalue weighted by atomic mass is 16.6. The lowest BCUT2D eigenvalue weighted by Crippen LogP contribution is -2.49. The fourth-order valence-corrected chi connectivity index (χ4v) is 2.25. The first-order chi connectivity index (χ1) is 11.7. The Hall–Kier alpha value is -2.08. The van der Waals surface area contributed by atoms with Crippen molar-refractivity contribution in [2.24, 2.45) is 0 Å². The van der Waals surface area contributed by atoms with Crippen LogP contribution < -0.4 is 10.6 Å². The molecule has 1 rings (SSSR count). The number of benzene rings is 1. The first-order valence-electron chi connectivity index (χ1n) is 8.78. The third-order valence-corrected chi connectivity index (χ3v) is 3.16. The van der Waals surface area contributed by atoms with Gasteiger partial charge in [-0.3, -0.25) is 0 Å². The first-order valence-corrected chi connectivity index (χ1v) is 8.78. The number of esters is 1. The lowest BCUT2D eigenvalue weighted by Gasteiger charge is -2.27. The van der Waals surface area contributed by atoms with E-state index in [4.69, 9.17) is 9.47 Å². The Kier molecular flexibility index (Phi) is 7.21. The SMILES string of the molecule is Cc1cc(C)cc(NC(=O)NC(COC(C)(C)C)C(=O)OC(C)(C)C)c1. The molecule has 0 bridgehead atoms. The van der Waals surface area contributed by atoms with Crippen LogP contribution in [0.5, 0.6) is 0 Å². The van der Waals surface area contributed by atoms with Crippen LogP contribution in [0.4, 0.5) is 10.5 Å². The van der Waals surface area contributed by atoms with Crippen LogP contribution in [0.25, 0.3) is 0 Å². The predicted molar refractivity (Wildman–Crippen MR) is 103 cm³/mol. The first kappa shape index (κ1) is 22.0. The van der Waals surface area contributed by atoms with Crippen molar-refractivity contribution in [1.82, 2.24) is 5.32 Å². The van der Waals surface area contributed by atoms with E-state index in [2.05, 4.69) is 10.6 Å². The van der Waals surface area contributed by atoms with Gasteiger partial charge in [-0.25, -0.2) is 9.59 Å². The Morgan fingerprint density at radius 3 is 1.96 bits per heavy atom. The average molecular weight is 364 g/mol. The smallest absolute Gasteiger partial charge is 0.331 e. The molecule has 146 valence electrons. The molecule has 0 aliphatic heterocycles. The molecule has 0 spiro atoms. The molecule has 0 radical (unpaired) electrons. The van der Waals surface area contributed by atoms with Gasteiger partial charge in [-0.1, -0.05) is 6.07 Å². The van der Waals surface area contributed by atoms with Gasteiger partial charge in [-0.05, 0) is 78.6 Å². The van der Waals surface area contributed by atoms with Crippen LogP contribution in [0.3, 0.4) is 0 Å². The van der Waals surface area contributed by atoms with E-state index in [1.807, 2.05) is 52.8 Å². The van der Waals surface area contributed by atoms with Gasteiger partial charge in [-0.15, -0.1) is 0 Å². The summed E-state index contributed by atoms with van der Waals surface area (Å²) in [4.78, 5) is 24.8. The Balaban J connectivity index is 2.82. The third kappa shape index (κ3) is 8.85. The third-order valence-electron chi connectivity index (χ3n) is 3.16. The zero-order valence-electron chi connectivity index (χ0n) is 17.1. The number of amides is 2. The van der Waals surface area contributed by atoms with Crippen molar-refractivity contribution in [2.75, 3.05) is 11.9 Å².